The Bertz CT molecular complexity index is 420. The van der Waals surface area contributed by atoms with Crippen LogP contribution < -0.4 is 5.32 Å². The molecule has 0 unspecified atom stereocenters. The van der Waals surface area contributed by atoms with Crippen molar-refractivity contribution in [2.45, 2.75) is 6.42 Å². The highest BCUT2D eigenvalue weighted by Crippen LogP contribution is 2.23. The molecule has 0 saturated heterocycles. The largest absolute Gasteiger partial charge is 0.369 e. The van der Waals surface area contributed by atoms with Gasteiger partial charge in [-0.05, 0) is 30.2 Å². The van der Waals surface area contributed by atoms with E-state index in [1.165, 1.54) is 10.9 Å². The van der Waals surface area contributed by atoms with E-state index >= 15 is 0 Å². The molecule has 0 fully saturated rings. The lowest BCUT2D eigenvalue weighted by molar-refractivity contribution is 1.11. The van der Waals surface area contributed by atoms with E-state index in [0.717, 1.165) is 24.3 Å². The van der Waals surface area contributed by atoms with Crippen LogP contribution in [0.5, 0.6) is 0 Å². The molecule has 3 rings (SSSR count). The zero-order chi connectivity index (χ0) is 8.67. The molecule has 1 radical (unpaired) electrons. The summed E-state index contributed by atoms with van der Waals surface area (Å²) in [6.45, 7) is 1.02. The normalized spacial score (nSPS) is 14.2. The van der Waals surface area contributed by atoms with Gasteiger partial charge in [-0.3, -0.25) is 0 Å². The summed E-state index contributed by atoms with van der Waals surface area (Å²) in [5.74, 6) is 1.05. The van der Waals surface area contributed by atoms with Gasteiger partial charge < -0.3 is 5.32 Å². The summed E-state index contributed by atoms with van der Waals surface area (Å²) < 4.78 is 0. The van der Waals surface area contributed by atoms with Gasteiger partial charge in [-0.25, -0.2) is 4.98 Å². The summed E-state index contributed by atoms with van der Waals surface area (Å²) in [4.78, 5) is 4.51. The molecular weight excluding hydrogens is 160 g/mol. The third-order valence-electron chi connectivity index (χ3n) is 2.43. The Morgan fingerprint density at radius 3 is 3.46 bits per heavy atom. The molecule has 1 aliphatic rings. The summed E-state index contributed by atoms with van der Waals surface area (Å²) in [7, 11) is 0. The Morgan fingerprint density at radius 2 is 2.46 bits per heavy atom. The maximum Gasteiger partial charge on any atom is 0.129 e. The zero-order valence-electron chi connectivity index (χ0n) is 7.17. The maximum atomic E-state index is 4.51. The van der Waals surface area contributed by atoms with Crippen LogP contribution in [0.25, 0.3) is 10.9 Å². The highest BCUT2D eigenvalue weighted by Gasteiger charge is 2.11. The van der Waals surface area contributed by atoms with Gasteiger partial charge in [-0.15, -0.1) is 0 Å². The van der Waals surface area contributed by atoms with Crippen LogP contribution in [0.15, 0.2) is 24.3 Å². The van der Waals surface area contributed by atoms with Crippen LogP contribution in [0, 0.1) is 6.07 Å². The standard InChI is InChI=1S/C11H9N2/c1-2-4-10-8(3-1)7-9-5-6-12-11(9)13-10/h1,3-4,7H,5-6H2,(H,12,13). The first-order chi connectivity index (χ1) is 6.43. The molecule has 1 aliphatic heterocycles. The molecule has 1 aromatic carbocycles. The van der Waals surface area contributed by atoms with Gasteiger partial charge in [0.25, 0.3) is 0 Å². The fourth-order valence-electron chi connectivity index (χ4n) is 1.76. The van der Waals surface area contributed by atoms with Crippen LogP contribution in [0.3, 0.4) is 0 Å². The monoisotopic (exact) mass is 169 g/mol. The van der Waals surface area contributed by atoms with E-state index in [-0.39, 0.29) is 0 Å². The van der Waals surface area contributed by atoms with Crippen LogP contribution >= 0.6 is 0 Å². The molecule has 63 valence electrons. The average molecular weight is 169 g/mol. The van der Waals surface area contributed by atoms with Crippen LogP contribution in [-0.2, 0) is 6.42 Å². The Labute approximate surface area is 76.6 Å². The van der Waals surface area contributed by atoms with Crippen molar-refractivity contribution in [1.29, 1.82) is 0 Å². The second-order valence-electron chi connectivity index (χ2n) is 3.29. The van der Waals surface area contributed by atoms with Crippen molar-refractivity contribution in [3.63, 3.8) is 0 Å². The molecule has 0 spiro atoms. The van der Waals surface area contributed by atoms with E-state index in [1.54, 1.807) is 0 Å². The number of fused-ring (bicyclic) bond motifs is 2. The van der Waals surface area contributed by atoms with Gasteiger partial charge >= 0.3 is 0 Å². The Hall–Kier alpha value is -1.57. The first-order valence-electron chi connectivity index (χ1n) is 4.47. The third-order valence-corrected chi connectivity index (χ3v) is 2.43. The third kappa shape index (κ3) is 0.985. The highest BCUT2D eigenvalue weighted by molar-refractivity contribution is 5.82. The molecule has 0 saturated carbocycles. The number of benzene rings is 1. The summed E-state index contributed by atoms with van der Waals surface area (Å²) in [6.07, 6.45) is 1.09. The zero-order valence-corrected chi connectivity index (χ0v) is 7.17. The second kappa shape index (κ2) is 2.46. The summed E-state index contributed by atoms with van der Waals surface area (Å²) >= 11 is 0. The minimum atomic E-state index is 1.02. The quantitative estimate of drug-likeness (QED) is 0.652. The van der Waals surface area contributed by atoms with Gasteiger partial charge in [0.15, 0.2) is 0 Å². The van der Waals surface area contributed by atoms with Gasteiger partial charge in [0.1, 0.15) is 5.82 Å². The Morgan fingerprint density at radius 1 is 1.46 bits per heavy atom. The van der Waals surface area contributed by atoms with Crippen molar-refractivity contribution in [3.8, 4) is 0 Å². The van der Waals surface area contributed by atoms with Crippen molar-refractivity contribution in [2.24, 2.45) is 0 Å². The van der Waals surface area contributed by atoms with Crippen molar-refractivity contribution in [3.05, 3.63) is 35.9 Å². The van der Waals surface area contributed by atoms with Crippen molar-refractivity contribution in [1.82, 2.24) is 4.98 Å². The molecule has 0 aliphatic carbocycles. The van der Waals surface area contributed by atoms with Crippen LogP contribution in [0.2, 0.25) is 0 Å². The smallest absolute Gasteiger partial charge is 0.129 e. The number of nitrogens with one attached hydrogen (secondary N) is 1. The van der Waals surface area contributed by atoms with Crippen molar-refractivity contribution in [2.75, 3.05) is 11.9 Å². The SMILES string of the molecule is [c]1ccc2cc3c(nc2c1)NCC3. The molecule has 13 heavy (non-hydrogen) atoms. The number of nitrogens with zero attached hydrogens (tertiary/aromatic N) is 1. The molecule has 2 nitrogen and oxygen atoms in total. The summed E-state index contributed by atoms with van der Waals surface area (Å²) in [5.41, 5.74) is 2.36. The minimum Gasteiger partial charge on any atom is -0.369 e. The van der Waals surface area contributed by atoms with Crippen LogP contribution in [0.1, 0.15) is 5.56 Å². The number of hydrogen-bond donors (Lipinski definition) is 1. The molecule has 2 heterocycles. The molecule has 0 bridgehead atoms. The van der Waals surface area contributed by atoms with E-state index in [4.69, 9.17) is 0 Å². The lowest BCUT2D eigenvalue weighted by Crippen LogP contribution is -1.93. The number of pyridine rings is 1. The van der Waals surface area contributed by atoms with Gasteiger partial charge in [-0.1, -0.05) is 12.1 Å². The number of aromatic nitrogens is 1. The van der Waals surface area contributed by atoms with E-state index in [9.17, 15) is 0 Å². The van der Waals surface area contributed by atoms with Crippen molar-refractivity contribution >= 4 is 16.7 Å². The van der Waals surface area contributed by atoms with Gasteiger partial charge in [0.2, 0.25) is 0 Å². The van der Waals surface area contributed by atoms with Crippen LogP contribution in [0.4, 0.5) is 5.82 Å². The molecule has 0 atom stereocenters. The predicted octanol–water partition coefficient (Wildman–Crippen LogP) is 2.00. The maximum absolute atomic E-state index is 4.51. The Balaban J connectivity index is 2.36. The minimum absolute atomic E-state index is 1.02. The molecule has 1 aromatic heterocycles. The molecule has 2 heteroatoms. The first-order valence-corrected chi connectivity index (χ1v) is 4.47. The lowest BCUT2D eigenvalue weighted by atomic mass is 10.1. The van der Waals surface area contributed by atoms with Gasteiger partial charge in [0.05, 0.1) is 5.52 Å². The average Bonchev–Trinajstić information content (AvgIpc) is 2.61. The van der Waals surface area contributed by atoms with Gasteiger partial charge in [-0.2, -0.15) is 0 Å². The van der Waals surface area contributed by atoms with E-state index < -0.39 is 0 Å². The number of anilines is 1. The predicted molar refractivity (Wildman–Crippen MR) is 52.8 cm³/mol. The molecule has 0 amide bonds. The summed E-state index contributed by atoms with van der Waals surface area (Å²) in [6, 6.07) is 11.2. The van der Waals surface area contributed by atoms with E-state index in [0.29, 0.717) is 0 Å². The number of hydrogen-bond acceptors (Lipinski definition) is 2. The first kappa shape index (κ1) is 6.89. The number of rotatable bonds is 0. The fourth-order valence-corrected chi connectivity index (χ4v) is 1.76. The molecule has 1 N–H and O–H groups in total. The Kier molecular flexibility index (Phi) is 1.30. The van der Waals surface area contributed by atoms with E-state index in [1.807, 2.05) is 12.1 Å². The highest BCUT2D eigenvalue weighted by atomic mass is 15.0. The van der Waals surface area contributed by atoms with Crippen molar-refractivity contribution < 1.29 is 0 Å². The topological polar surface area (TPSA) is 24.9 Å². The van der Waals surface area contributed by atoms with E-state index in [2.05, 4.69) is 28.5 Å². The summed E-state index contributed by atoms with van der Waals surface area (Å²) in [5, 5.41) is 4.48. The lowest BCUT2D eigenvalue weighted by Gasteiger charge is -2.01. The van der Waals surface area contributed by atoms with Crippen LogP contribution in [-0.4, -0.2) is 11.5 Å². The molecule has 2 aromatic rings. The fraction of sp³-hybridized carbons (Fsp3) is 0.182. The second-order valence-corrected chi connectivity index (χ2v) is 3.29. The van der Waals surface area contributed by atoms with Gasteiger partial charge in [0, 0.05) is 11.9 Å². The molecular formula is C11H9N2.